The van der Waals surface area contributed by atoms with Crippen LogP contribution in [-0.2, 0) is 0 Å². The van der Waals surface area contributed by atoms with E-state index in [0.29, 0.717) is 22.9 Å². The average molecular weight is 484 g/mol. The van der Waals surface area contributed by atoms with Gasteiger partial charge in [-0.3, -0.25) is 5.01 Å². The van der Waals surface area contributed by atoms with Gasteiger partial charge in [0.15, 0.2) is 0 Å². The van der Waals surface area contributed by atoms with Crippen LogP contribution in [0, 0.1) is 11.7 Å². The van der Waals surface area contributed by atoms with Crippen molar-refractivity contribution in [1.82, 2.24) is 0 Å². The zero-order chi connectivity index (χ0) is 23.8. The molecule has 2 aromatic rings. The Balaban J connectivity index is 1.38. The maximum absolute atomic E-state index is 13.3. The molecule has 0 spiro atoms. The molecule has 0 aromatic heterocycles. The van der Waals surface area contributed by atoms with Crippen LogP contribution in [0.25, 0.3) is 0 Å². The summed E-state index contributed by atoms with van der Waals surface area (Å²) in [5.41, 5.74) is 0.689. The van der Waals surface area contributed by atoms with Gasteiger partial charge in [0.2, 0.25) is 0 Å². The molecule has 178 valence electrons. The number of hydrazone groups is 1. The fraction of sp³-hybridized carbons (Fsp3) is 0.458. The number of anilines is 2. The molecule has 2 atom stereocenters. The lowest BCUT2D eigenvalue weighted by molar-refractivity contribution is -0.0620. The molecule has 0 bridgehead atoms. The summed E-state index contributed by atoms with van der Waals surface area (Å²) in [6, 6.07) is 11.1. The second-order valence-electron chi connectivity index (χ2n) is 8.49. The Kier molecular flexibility index (Phi) is 6.75. The summed E-state index contributed by atoms with van der Waals surface area (Å²) in [5, 5.41) is 5.77. The van der Waals surface area contributed by atoms with E-state index in [9.17, 15) is 17.6 Å². The first kappa shape index (κ1) is 23.7. The number of alkyl halides is 3. The Morgan fingerprint density at radius 3 is 2.33 bits per heavy atom. The molecular formula is C24H26ClF4N3O. The van der Waals surface area contributed by atoms with E-state index in [1.54, 1.807) is 37.3 Å². The van der Waals surface area contributed by atoms with Crippen molar-refractivity contribution < 1.29 is 22.3 Å². The highest BCUT2D eigenvalue weighted by molar-refractivity contribution is 6.33. The second kappa shape index (κ2) is 9.41. The van der Waals surface area contributed by atoms with Gasteiger partial charge in [-0.15, -0.1) is 0 Å². The number of halogens is 5. The lowest BCUT2D eigenvalue weighted by Gasteiger charge is -2.34. The van der Waals surface area contributed by atoms with Crippen molar-refractivity contribution in [3.8, 4) is 5.75 Å². The molecular weight excluding hydrogens is 458 g/mol. The topological polar surface area (TPSA) is 28.1 Å². The molecule has 0 aliphatic carbocycles. The molecule has 4 nitrogen and oxygen atoms in total. The fourth-order valence-electron chi connectivity index (χ4n) is 4.59. The molecule has 9 heteroatoms. The van der Waals surface area contributed by atoms with E-state index in [-0.39, 0.29) is 18.0 Å². The van der Waals surface area contributed by atoms with Crippen LogP contribution in [0.2, 0.25) is 5.02 Å². The number of hydrogen-bond donors (Lipinski definition) is 0. The van der Waals surface area contributed by atoms with E-state index in [1.165, 1.54) is 17.1 Å². The fourth-order valence-corrected chi connectivity index (χ4v) is 4.87. The van der Waals surface area contributed by atoms with Crippen LogP contribution in [-0.4, -0.2) is 37.1 Å². The Morgan fingerprint density at radius 1 is 1.09 bits per heavy atom. The Labute approximate surface area is 195 Å². The van der Waals surface area contributed by atoms with E-state index in [1.807, 2.05) is 6.92 Å². The summed E-state index contributed by atoms with van der Waals surface area (Å²) < 4.78 is 59.3. The SMILES string of the molecule is CC[C@H]1C(C)C(C(F)(F)F)=NN1c1ccc(OC2CCN(c3ccc(F)cc3Cl)CC2)cc1. The summed E-state index contributed by atoms with van der Waals surface area (Å²) in [6.45, 7) is 4.90. The zero-order valence-electron chi connectivity index (χ0n) is 18.4. The van der Waals surface area contributed by atoms with Crippen molar-refractivity contribution in [2.24, 2.45) is 11.0 Å². The van der Waals surface area contributed by atoms with Crippen LogP contribution in [0.1, 0.15) is 33.1 Å². The third-order valence-electron chi connectivity index (χ3n) is 6.34. The zero-order valence-corrected chi connectivity index (χ0v) is 19.2. The van der Waals surface area contributed by atoms with Gasteiger partial charge in [-0.25, -0.2) is 4.39 Å². The van der Waals surface area contributed by atoms with Crippen LogP contribution in [0.5, 0.6) is 5.75 Å². The molecule has 4 rings (SSSR count). The highest BCUT2D eigenvalue weighted by Crippen LogP contribution is 2.37. The Bertz CT molecular complexity index is 1000. The number of ether oxygens (including phenoxy) is 1. The molecule has 0 N–H and O–H groups in total. The van der Waals surface area contributed by atoms with E-state index in [0.717, 1.165) is 31.6 Å². The van der Waals surface area contributed by atoms with Gasteiger partial charge in [0.25, 0.3) is 0 Å². The molecule has 1 unspecified atom stereocenters. The first-order valence-corrected chi connectivity index (χ1v) is 11.5. The minimum absolute atomic E-state index is 0.0105. The van der Waals surface area contributed by atoms with E-state index in [4.69, 9.17) is 16.3 Å². The van der Waals surface area contributed by atoms with Crippen LogP contribution in [0.4, 0.5) is 28.9 Å². The lowest BCUT2D eigenvalue weighted by Crippen LogP contribution is -2.38. The van der Waals surface area contributed by atoms with E-state index >= 15 is 0 Å². The highest BCUT2D eigenvalue weighted by atomic mass is 35.5. The van der Waals surface area contributed by atoms with Crippen LogP contribution >= 0.6 is 11.6 Å². The first-order valence-electron chi connectivity index (χ1n) is 11.1. The average Bonchev–Trinajstić information content (AvgIpc) is 3.12. The van der Waals surface area contributed by atoms with Crippen molar-refractivity contribution in [2.45, 2.75) is 51.4 Å². The first-order chi connectivity index (χ1) is 15.7. The lowest BCUT2D eigenvalue weighted by atomic mass is 9.95. The number of nitrogens with zero attached hydrogens (tertiary/aromatic N) is 3. The van der Waals surface area contributed by atoms with Crippen molar-refractivity contribution in [3.63, 3.8) is 0 Å². The summed E-state index contributed by atoms with van der Waals surface area (Å²) in [6.07, 6.45) is -2.32. The van der Waals surface area contributed by atoms with Crippen molar-refractivity contribution in [1.29, 1.82) is 0 Å². The molecule has 2 aliphatic rings. The van der Waals surface area contributed by atoms with Crippen molar-refractivity contribution >= 4 is 28.7 Å². The summed E-state index contributed by atoms with van der Waals surface area (Å²) in [7, 11) is 0. The Morgan fingerprint density at radius 2 is 1.76 bits per heavy atom. The van der Waals surface area contributed by atoms with E-state index < -0.39 is 17.8 Å². The Hall–Kier alpha value is -2.48. The minimum atomic E-state index is -4.43. The number of piperidine rings is 1. The van der Waals surface area contributed by atoms with Gasteiger partial charge in [0.1, 0.15) is 23.4 Å². The van der Waals surface area contributed by atoms with Gasteiger partial charge >= 0.3 is 6.18 Å². The quantitative estimate of drug-likeness (QED) is 0.444. The molecule has 33 heavy (non-hydrogen) atoms. The van der Waals surface area contributed by atoms with Gasteiger partial charge < -0.3 is 9.64 Å². The smallest absolute Gasteiger partial charge is 0.431 e. The molecule has 1 saturated heterocycles. The van der Waals surface area contributed by atoms with Crippen molar-refractivity contribution in [3.05, 3.63) is 53.3 Å². The summed E-state index contributed by atoms with van der Waals surface area (Å²) in [4.78, 5) is 2.11. The van der Waals surface area contributed by atoms with Gasteiger partial charge in [0, 0.05) is 31.8 Å². The monoisotopic (exact) mass is 483 g/mol. The number of hydrogen-bond acceptors (Lipinski definition) is 4. The molecule has 1 fully saturated rings. The number of benzene rings is 2. The molecule has 0 amide bonds. The third kappa shape index (κ3) is 5.05. The summed E-state index contributed by atoms with van der Waals surface area (Å²) in [5.74, 6) is -0.387. The van der Waals surface area contributed by atoms with Crippen LogP contribution in [0.3, 0.4) is 0 Å². The van der Waals surface area contributed by atoms with Crippen LogP contribution < -0.4 is 14.6 Å². The standard InChI is InChI=1S/C24H26ClF4N3O/c1-3-21-15(2)23(24(27,28)29)30-32(21)17-5-7-18(8-6-17)33-19-10-12-31(13-11-19)22-9-4-16(26)14-20(22)25/h4-9,14-15,19,21H,3,10-13H2,1-2H3/t15?,21-/m0/s1. The van der Waals surface area contributed by atoms with Gasteiger partial charge in [0.05, 0.1) is 22.4 Å². The van der Waals surface area contributed by atoms with E-state index in [2.05, 4.69) is 10.0 Å². The van der Waals surface area contributed by atoms with Gasteiger partial charge in [-0.05, 0) is 48.9 Å². The molecule has 0 radical (unpaired) electrons. The largest absolute Gasteiger partial charge is 0.490 e. The highest BCUT2D eigenvalue weighted by Gasteiger charge is 2.47. The maximum Gasteiger partial charge on any atom is 0.431 e. The van der Waals surface area contributed by atoms with Gasteiger partial charge in [-0.2, -0.15) is 18.3 Å². The number of rotatable bonds is 5. The predicted octanol–water partition coefficient (Wildman–Crippen LogP) is 6.68. The third-order valence-corrected chi connectivity index (χ3v) is 6.65. The predicted molar refractivity (Wildman–Crippen MR) is 123 cm³/mol. The molecule has 2 aliphatic heterocycles. The maximum atomic E-state index is 13.3. The minimum Gasteiger partial charge on any atom is -0.490 e. The van der Waals surface area contributed by atoms with Gasteiger partial charge in [-0.1, -0.05) is 25.4 Å². The molecule has 0 saturated carbocycles. The second-order valence-corrected chi connectivity index (χ2v) is 8.89. The molecule has 2 heterocycles. The summed E-state index contributed by atoms with van der Waals surface area (Å²) >= 11 is 6.17. The van der Waals surface area contributed by atoms with Crippen LogP contribution in [0.15, 0.2) is 47.6 Å². The van der Waals surface area contributed by atoms with Crippen molar-refractivity contribution in [2.75, 3.05) is 23.0 Å². The molecule has 2 aromatic carbocycles. The normalized spacial score (nSPS) is 22.0.